The van der Waals surface area contributed by atoms with Crippen LogP contribution in [0.15, 0.2) is 0 Å². The molecule has 0 aliphatic heterocycles. The van der Waals surface area contributed by atoms with Crippen molar-refractivity contribution in [1.29, 1.82) is 0 Å². The van der Waals surface area contributed by atoms with Gasteiger partial charge in [0, 0.05) is 15.8 Å². The summed E-state index contributed by atoms with van der Waals surface area (Å²) in [5, 5.41) is 0. The van der Waals surface area contributed by atoms with Gasteiger partial charge in [0.05, 0.1) is 5.56 Å². The zero-order chi connectivity index (χ0) is 11.2. The molecule has 0 bridgehead atoms. The molecule has 92 valence electrons. The van der Waals surface area contributed by atoms with Crippen molar-refractivity contribution in [3.63, 3.8) is 0 Å². The highest BCUT2D eigenvalue weighted by molar-refractivity contribution is 7.12. The molecule has 1 aliphatic rings. The van der Waals surface area contributed by atoms with Gasteiger partial charge in [-0.05, 0) is 31.7 Å². The predicted molar refractivity (Wildman–Crippen MR) is 61.3 cm³/mol. The lowest BCUT2D eigenvalue weighted by Crippen LogP contribution is -2.27. The van der Waals surface area contributed by atoms with Crippen LogP contribution < -0.4 is 5.73 Å². The van der Waals surface area contributed by atoms with E-state index in [-0.39, 0.29) is 18.4 Å². The van der Waals surface area contributed by atoms with Crippen molar-refractivity contribution >= 4 is 23.7 Å². The maximum absolute atomic E-state index is 12.7. The van der Waals surface area contributed by atoms with Crippen LogP contribution in [0.5, 0.6) is 0 Å². The molecule has 1 nitrogen and oxygen atoms in total. The van der Waals surface area contributed by atoms with Crippen LogP contribution in [0.4, 0.5) is 13.2 Å². The van der Waals surface area contributed by atoms with Crippen LogP contribution in [0.25, 0.3) is 0 Å². The van der Waals surface area contributed by atoms with Crippen LogP contribution >= 0.6 is 23.7 Å². The van der Waals surface area contributed by atoms with E-state index in [1.807, 2.05) is 0 Å². The summed E-state index contributed by atoms with van der Waals surface area (Å²) < 4.78 is 38.2. The molecule has 0 amide bonds. The number of thiophene rings is 1. The minimum absolute atomic E-state index is 0. The summed E-state index contributed by atoms with van der Waals surface area (Å²) in [4.78, 5) is 1.21. The Morgan fingerprint density at radius 3 is 2.56 bits per heavy atom. The molecule has 1 aromatic rings. The molecule has 0 saturated heterocycles. The summed E-state index contributed by atoms with van der Waals surface area (Å²) in [5.74, 6) is 0. The number of rotatable bonds is 0. The van der Waals surface area contributed by atoms with E-state index < -0.39 is 11.7 Å². The lowest BCUT2D eigenvalue weighted by atomic mass is 9.92. The molecule has 1 aliphatic carbocycles. The van der Waals surface area contributed by atoms with Crippen LogP contribution in [-0.2, 0) is 19.0 Å². The molecule has 2 N–H and O–H groups in total. The maximum atomic E-state index is 12.7. The smallest absolute Gasteiger partial charge is 0.327 e. The van der Waals surface area contributed by atoms with Crippen LogP contribution in [0, 0.1) is 6.92 Å². The zero-order valence-corrected chi connectivity index (χ0v) is 10.4. The fourth-order valence-corrected chi connectivity index (χ4v) is 3.45. The van der Waals surface area contributed by atoms with Gasteiger partial charge in [0.15, 0.2) is 0 Å². The van der Waals surface area contributed by atoms with Crippen molar-refractivity contribution in [3.8, 4) is 0 Å². The second-order valence-corrected chi connectivity index (χ2v) is 5.24. The van der Waals surface area contributed by atoms with Crippen LogP contribution in [-0.4, -0.2) is 6.04 Å². The van der Waals surface area contributed by atoms with Crippen LogP contribution in [0.3, 0.4) is 0 Å². The SMILES string of the molecule is Cc1sc2c(c1C(F)(F)F)CCC(N)C2.Cl. The Kier molecular flexibility index (Phi) is 3.92. The van der Waals surface area contributed by atoms with E-state index in [4.69, 9.17) is 5.73 Å². The van der Waals surface area contributed by atoms with Gasteiger partial charge >= 0.3 is 6.18 Å². The number of hydrogen-bond acceptors (Lipinski definition) is 2. The molecule has 16 heavy (non-hydrogen) atoms. The van der Waals surface area contributed by atoms with Crippen molar-refractivity contribution in [2.45, 2.75) is 38.4 Å². The normalized spacial score (nSPS) is 20.2. The second kappa shape index (κ2) is 4.55. The third-order valence-electron chi connectivity index (χ3n) is 2.76. The van der Waals surface area contributed by atoms with E-state index in [1.165, 1.54) is 18.3 Å². The van der Waals surface area contributed by atoms with Gasteiger partial charge in [-0.15, -0.1) is 23.7 Å². The first-order valence-electron chi connectivity index (χ1n) is 4.83. The molecular weight excluding hydrogens is 259 g/mol. The minimum Gasteiger partial charge on any atom is -0.327 e. The molecule has 0 radical (unpaired) electrons. The third kappa shape index (κ3) is 2.36. The van der Waals surface area contributed by atoms with E-state index in [0.717, 1.165) is 4.88 Å². The third-order valence-corrected chi connectivity index (χ3v) is 3.93. The average molecular weight is 272 g/mol. The molecule has 2 rings (SSSR count). The van der Waals surface area contributed by atoms with Crippen molar-refractivity contribution in [1.82, 2.24) is 0 Å². The number of hydrogen-bond donors (Lipinski definition) is 1. The molecule has 0 fully saturated rings. The van der Waals surface area contributed by atoms with Crippen molar-refractivity contribution < 1.29 is 13.2 Å². The van der Waals surface area contributed by atoms with Crippen LogP contribution in [0.2, 0.25) is 0 Å². The summed E-state index contributed by atoms with van der Waals surface area (Å²) in [6, 6.07) is 0.0247. The van der Waals surface area contributed by atoms with E-state index in [1.54, 1.807) is 0 Å². The van der Waals surface area contributed by atoms with Gasteiger partial charge in [0.1, 0.15) is 0 Å². The molecule has 6 heteroatoms. The molecule has 0 spiro atoms. The van der Waals surface area contributed by atoms with Crippen molar-refractivity contribution in [3.05, 3.63) is 20.9 Å². The molecule has 1 heterocycles. The Labute approximate surface area is 102 Å². The Morgan fingerprint density at radius 2 is 2.00 bits per heavy atom. The van der Waals surface area contributed by atoms with Crippen molar-refractivity contribution in [2.75, 3.05) is 0 Å². The molecule has 1 unspecified atom stereocenters. The van der Waals surface area contributed by atoms with Crippen LogP contribution in [0.1, 0.15) is 27.3 Å². The molecule has 1 aromatic heterocycles. The lowest BCUT2D eigenvalue weighted by Gasteiger charge is -2.19. The Morgan fingerprint density at radius 1 is 1.38 bits per heavy atom. The number of nitrogens with two attached hydrogens (primary N) is 1. The number of alkyl halides is 3. The highest BCUT2D eigenvalue weighted by atomic mass is 35.5. The summed E-state index contributed by atoms with van der Waals surface area (Å²) in [5.41, 5.74) is 5.83. The van der Waals surface area contributed by atoms with Gasteiger partial charge < -0.3 is 5.73 Å². The topological polar surface area (TPSA) is 26.0 Å². The minimum atomic E-state index is -4.21. The number of halogens is 4. The summed E-state index contributed by atoms with van der Waals surface area (Å²) in [6.45, 7) is 1.54. The highest BCUT2D eigenvalue weighted by Crippen LogP contribution is 2.42. The zero-order valence-electron chi connectivity index (χ0n) is 8.73. The van der Waals surface area contributed by atoms with E-state index in [9.17, 15) is 13.2 Å². The van der Waals surface area contributed by atoms with Gasteiger partial charge in [-0.1, -0.05) is 0 Å². The lowest BCUT2D eigenvalue weighted by molar-refractivity contribution is -0.138. The van der Waals surface area contributed by atoms with Gasteiger partial charge in [-0.2, -0.15) is 13.2 Å². The fourth-order valence-electron chi connectivity index (χ4n) is 2.12. The second-order valence-electron chi connectivity index (χ2n) is 3.94. The molecule has 1 atom stereocenters. The first kappa shape index (κ1) is 13.8. The van der Waals surface area contributed by atoms with Gasteiger partial charge in [-0.3, -0.25) is 0 Å². The van der Waals surface area contributed by atoms with E-state index in [2.05, 4.69) is 0 Å². The molecule has 0 aromatic carbocycles. The maximum Gasteiger partial charge on any atom is 0.417 e. The first-order valence-corrected chi connectivity index (χ1v) is 5.65. The Hall–Kier alpha value is -0.260. The monoisotopic (exact) mass is 271 g/mol. The Bertz CT molecular complexity index is 386. The molecular formula is C10H13ClF3NS. The van der Waals surface area contributed by atoms with E-state index in [0.29, 0.717) is 29.7 Å². The quantitative estimate of drug-likeness (QED) is 0.770. The number of fused-ring (bicyclic) bond motifs is 1. The van der Waals surface area contributed by atoms with Gasteiger partial charge in [-0.25, -0.2) is 0 Å². The van der Waals surface area contributed by atoms with E-state index >= 15 is 0 Å². The predicted octanol–water partition coefficient (Wildman–Crippen LogP) is 3.31. The summed E-state index contributed by atoms with van der Waals surface area (Å²) in [6.07, 6.45) is -2.49. The summed E-state index contributed by atoms with van der Waals surface area (Å²) in [7, 11) is 0. The fraction of sp³-hybridized carbons (Fsp3) is 0.600. The van der Waals surface area contributed by atoms with Gasteiger partial charge in [0.2, 0.25) is 0 Å². The Balaban J connectivity index is 0.00000128. The first-order chi connectivity index (χ1) is 6.89. The highest BCUT2D eigenvalue weighted by Gasteiger charge is 2.38. The largest absolute Gasteiger partial charge is 0.417 e. The number of aryl methyl sites for hydroxylation is 1. The standard InChI is InChI=1S/C10H12F3NS.ClH/c1-5-9(10(11,12)13)7-3-2-6(14)4-8(7)15-5;/h6H,2-4,14H2,1H3;1H. The average Bonchev–Trinajstić information content (AvgIpc) is 2.38. The summed E-state index contributed by atoms with van der Waals surface area (Å²) >= 11 is 1.25. The van der Waals surface area contributed by atoms with Crippen molar-refractivity contribution in [2.24, 2.45) is 5.73 Å². The molecule has 0 saturated carbocycles. The van der Waals surface area contributed by atoms with Gasteiger partial charge in [0.25, 0.3) is 0 Å².